The monoisotopic (exact) mass is 349 g/mol. The highest BCUT2D eigenvalue weighted by Crippen LogP contribution is 2.47. The fourth-order valence-electron chi connectivity index (χ4n) is 3.37. The van der Waals surface area contributed by atoms with Crippen molar-refractivity contribution >= 4 is 17.5 Å². The van der Waals surface area contributed by atoms with Crippen molar-refractivity contribution in [3.8, 4) is 0 Å². The average Bonchev–Trinajstić information content (AvgIpc) is 3.19. The number of hydrogen-bond donors (Lipinski definition) is 2. The van der Waals surface area contributed by atoms with Crippen molar-refractivity contribution in [3.63, 3.8) is 0 Å². The van der Waals surface area contributed by atoms with Gasteiger partial charge in [-0.3, -0.25) is 9.59 Å². The van der Waals surface area contributed by atoms with E-state index in [1.165, 1.54) is 16.9 Å². The molecule has 2 aromatic heterocycles. The second-order valence-corrected chi connectivity index (χ2v) is 6.73. The Hall–Kier alpha value is -3.22. The quantitative estimate of drug-likeness (QED) is 0.735. The van der Waals surface area contributed by atoms with Crippen LogP contribution in [-0.2, 0) is 0 Å². The fraction of sp³-hybridized carbons (Fsp3) is 0.263. The Labute approximate surface area is 150 Å². The highest BCUT2D eigenvalue weighted by atomic mass is 16.2. The fourth-order valence-corrected chi connectivity index (χ4v) is 3.37. The van der Waals surface area contributed by atoms with Crippen LogP contribution in [0.2, 0.25) is 0 Å². The van der Waals surface area contributed by atoms with Gasteiger partial charge in [-0.25, -0.2) is 9.50 Å². The lowest BCUT2D eigenvalue weighted by Gasteiger charge is -2.19. The van der Waals surface area contributed by atoms with Crippen LogP contribution in [0.3, 0.4) is 0 Å². The molecule has 0 bridgehead atoms. The molecule has 4 rings (SSSR count). The summed E-state index contributed by atoms with van der Waals surface area (Å²) in [4.78, 5) is 28.5. The van der Waals surface area contributed by atoms with Gasteiger partial charge in [0.25, 0.3) is 11.8 Å². The summed E-state index contributed by atoms with van der Waals surface area (Å²) in [7, 11) is 0. The number of nitrogens with zero attached hydrogens (tertiary/aromatic N) is 3. The molecule has 2 amide bonds. The maximum atomic E-state index is 12.9. The molecular weight excluding hydrogens is 330 g/mol. The van der Waals surface area contributed by atoms with E-state index in [0.29, 0.717) is 17.5 Å². The Kier molecular flexibility index (Phi) is 3.91. The van der Waals surface area contributed by atoms with Crippen LogP contribution < -0.4 is 11.1 Å². The van der Waals surface area contributed by atoms with E-state index in [4.69, 9.17) is 5.73 Å². The van der Waals surface area contributed by atoms with Crippen LogP contribution in [-0.4, -0.2) is 26.4 Å². The van der Waals surface area contributed by atoms with E-state index in [0.717, 1.165) is 12.0 Å². The minimum absolute atomic E-state index is 0.0620. The van der Waals surface area contributed by atoms with Gasteiger partial charge < -0.3 is 11.1 Å². The number of benzene rings is 1. The van der Waals surface area contributed by atoms with Crippen LogP contribution in [0.5, 0.6) is 0 Å². The van der Waals surface area contributed by atoms with Crippen molar-refractivity contribution in [3.05, 3.63) is 65.6 Å². The molecule has 7 nitrogen and oxygen atoms in total. The van der Waals surface area contributed by atoms with E-state index in [1.807, 2.05) is 30.3 Å². The SMILES string of the molecule is C[C@@H]1C[C@H]1[C@H](NC(=O)c1ccnc2c(C(N)=O)cnn12)c1ccccc1. The summed E-state index contributed by atoms with van der Waals surface area (Å²) in [6, 6.07) is 11.5. The number of aromatic nitrogens is 3. The average molecular weight is 349 g/mol. The highest BCUT2D eigenvalue weighted by molar-refractivity contribution is 5.99. The summed E-state index contributed by atoms with van der Waals surface area (Å²) in [5.74, 6) is 0.102. The molecule has 0 spiro atoms. The molecular formula is C19H19N5O2. The first-order valence-electron chi connectivity index (χ1n) is 8.54. The molecule has 132 valence electrons. The number of primary amides is 1. The van der Waals surface area contributed by atoms with E-state index in [1.54, 1.807) is 6.07 Å². The van der Waals surface area contributed by atoms with E-state index in [-0.39, 0.29) is 23.2 Å². The molecule has 3 N–H and O–H groups in total. The first-order chi connectivity index (χ1) is 12.6. The van der Waals surface area contributed by atoms with E-state index < -0.39 is 5.91 Å². The summed E-state index contributed by atoms with van der Waals surface area (Å²) in [6.07, 6.45) is 3.90. The minimum Gasteiger partial charge on any atom is -0.365 e. The number of amides is 2. The molecule has 1 aromatic carbocycles. The van der Waals surface area contributed by atoms with Gasteiger partial charge in [0.05, 0.1) is 12.2 Å². The van der Waals surface area contributed by atoms with Gasteiger partial charge in [-0.2, -0.15) is 5.10 Å². The normalized spacial score (nSPS) is 19.9. The molecule has 1 aliphatic carbocycles. The minimum atomic E-state index is -0.626. The number of nitrogens with one attached hydrogen (secondary N) is 1. The Bertz CT molecular complexity index is 982. The first-order valence-corrected chi connectivity index (χ1v) is 8.54. The van der Waals surface area contributed by atoms with E-state index >= 15 is 0 Å². The van der Waals surface area contributed by atoms with Gasteiger partial charge in [-0.15, -0.1) is 0 Å². The molecule has 0 unspecified atom stereocenters. The predicted octanol–water partition coefficient (Wildman–Crippen LogP) is 1.96. The second kappa shape index (κ2) is 6.25. The van der Waals surface area contributed by atoms with Crippen LogP contribution in [0.25, 0.3) is 5.65 Å². The molecule has 0 saturated heterocycles. The number of carbonyl (C=O) groups excluding carboxylic acids is 2. The smallest absolute Gasteiger partial charge is 0.270 e. The molecule has 0 aliphatic heterocycles. The number of nitrogens with two attached hydrogens (primary N) is 1. The number of fused-ring (bicyclic) bond motifs is 1. The Morgan fingerprint density at radius 1 is 1.27 bits per heavy atom. The zero-order chi connectivity index (χ0) is 18.3. The van der Waals surface area contributed by atoms with Crippen molar-refractivity contribution in [1.29, 1.82) is 0 Å². The topological polar surface area (TPSA) is 102 Å². The molecule has 3 aromatic rings. The standard InChI is InChI=1S/C19H19N5O2/c1-11-9-13(11)16(12-5-3-2-4-6-12)23-19(26)15-7-8-21-18-14(17(20)25)10-22-24(15)18/h2-8,10-11,13,16H,9H2,1H3,(H2,20,25)(H,23,26)/t11-,13-,16-/m1/s1. The van der Waals surface area contributed by atoms with Crippen LogP contribution in [0.4, 0.5) is 0 Å². The summed E-state index contributed by atoms with van der Waals surface area (Å²) < 4.78 is 1.35. The van der Waals surface area contributed by atoms with Gasteiger partial charge in [-0.05, 0) is 29.9 Å². The molecule has 0 radical (unpaired) electrons. The summed E-state index contributed by atoms with van der Waals surface area (Å²) in [6.45, 7) is 2.18. The zero-order valence-electron chi connectivity index (χ0n) is 14.3. The second-order valence-electron chi connectivity index (χ2n) is 6.73. The lowest BCUT2D eigenvalue weighted by atomic mass is 10.0. The third-order valence-electron chi connectivity index (χ3n) is 4.94. The Morgan fingerprint density at radius 3 is 2.65 bits per heavy atom. The van der Waals surface area contributed by atoms with Crippen LogP contribution in [0.15, 0.2) is 48.8 Å². The van der Waals surface area contributed by atoms with Gasteiger partial charge in [0.2, 0.25) is 0 Å². The Morgan fingerprint density at radius 2 is 2.00 bits per heavy atom. The van der Waals surface area contributed by atoms with Crippen molar-refractivity contribution < 1.29 is 9.59 Å². The van der Waals surface area contributed by atoms with Crippen molar-refractivity contribution in [2.45, 2.75) is 19.4 Å². The van der Waals surface area contributed by atoms with Gasteiger partial charge in [0.1, 0.15) is 11.3 Å². The van der Waals surface area contributed by atoms with Gasteiger partial charge in [0.15, 0.2) is 5.65 Å². The largest absolute Gasteiger partial charge is 0.365 e. The zero-order valence-corrected chi connectivity index (χ0v) is 14.3. The maximum absolute atomic E-state index is 12.9. The maximum Gasteiger partial charge on any atom is 0.270 e. The molecule has 1 fully saturated rings. The molecule has 26 heavy (non-hydrogen) atoms. The molecule has 2 heterocycles. The van der Waals surface area contributed by atoms with E-state index in [2.05, 4.69) is 22.3 Å². The summed E-state index contributed by atoms with van der Waals surface area (Å²) in [5.41, 5.74) is 7.21. The van der Waals surface area contributed by atoms with Crippen molar-refractivity contribution in [2.75, 3.05) is 0 Å². The highest BCUT2D eigenvalue weighted by Gasteiger charge is 2.41. The molecule has 1 aliphatic rings. The lowest BCUT2D eigenvalue weighted by Crippen LogP contribution is -2.31. The Balaban J connectivity index is 1.67. The summed E-state index contributed by atoms with van der Waals surface area (Å²) >= 11 is 0. The van der Waals surface area contributed by atoms with Crippen LogP contribution in [0.1, 0.15) is 45.8 Å². The molecule has 1 saturated carbocycles. The van der Waals surface area contributed by atoms with E-state index in [9.17, 15) is 9.59 Å². The number of carbonyl (C=O) groups is 2. The number of rotatable bonds is 5. The lowest BCUT2D eigenvalue weighted by molar-refractivity contribution is 0.0921. The van der Waals surface area contributed by atoms with Crippen molar-refractivity contribution in [1.82, 2.24) is 19.9 Å². The molecule has 3 atom stereocenters. The summed E-state index contributed by atoms with van der Waals surface area (Å²) in [5, 5.41) is 7.24. The predicted molar refractivity (Wildman–Crippen MR) is 95.4 cm³/mol. The third-order valence-corrected chi connectivity index (χ3v) is 4.94. The molecule has 7 heteroatoms. The van der Waals surface area contributed by atoms with Crippen molar-refractivity contribution in [2.24, 2.45) is 17.6 Å². The number of hydrogen-bond acceptors (Lipinski definition) is 4. The first kappa shape index (κ1) is 16.3. The van der Waals surface area contributed by atoms with Crippen LogP contribution >= 0.6 is 0 Å². The third kappa shape index (κ3) is 2.81. The van der Waals surface area contributed by atoms with Crippen LogP contribution in [0, 0.1) is 11.8 Å². The van der Waals surface area contributed by atoms with Gasteiger partial charge in [-0.1, -0.05) is 37.3 Å². The van der Waals surface area contributed by atoms with Gasteiger partial charge in [0, 0.05) is 6.20 Å². The van der Waals surface area contributed by atoms with Gasteiger partial charge >= 0.3 is 0 Å².